The predicted octanol–water partition coefficient (Wildman–Crippen LogP) is 3.43. The molecule has 0 radical (unpaired) electrons. The van der Waals surface area contributed by atoms with Crippen LogP contribution in [0.1, 0.15) is 31.4 Å². The number of rotatable bonds is 4. The fraction of sp³-hybridized carbons (Fsp3) is 0.412. The summed E-state index contributed by atoms with van der Waals surface area (Å²) in [7, 11) is -0.212. The Hall–Kier alpha value is -1.08. The van der Waals surface area contributed by atoms with Gasteiger partial charge in [-0.2, -0.15) is 0 Å². The third-order valence-corrected chi connectivity index (χ3v) is 5.74. The van der Waals surface area contributed by atoms with Crippen molar-refractivity contribution in [3.05, 3.63) is 53.1 Å². The van der Waals surface area contributed by atoms with Gasteiger partial charge in [-0.05, 0) is 37.3 Å². The van der Waals surface area contributed by atoms with Crippen molar-refractivity contribution in [2.75, 3.05) is 0 Å². The van der Waals surface area contributed by atoms with Crippen LogP contribution in [-0.4, -0.2) is 9.52 Å². The van der Waals surface area contributed by atoms with Crippen LogP contribution in [0.4, 0.5) is 0 Å². The summed E-state index contributed by atoms with van der Waals surface area (Å²) >= 11 is 0. The first-order valence-electron chi connectivity index (χ1n) is 7.05. The van der Waals surface area contributed by atoms with E-state index in [-0.39, 0.29) is 9.52 Å². The highest BCUT2D eigenvalue weighted by Crippen LogP contribution is 2.27. The Labute approximate surface area is 114 Å². The molecule has 2 rings (SSSR count). The van der Waals surface area contributed by atoms with Gasteiger partial charge >= 0.3 is 0 Å². The maximum absolute atomic E-state index is 2.51. The zero-order valence-electron chi connectivity index (χ0n) is 12.0. The van der Waals surface area contributed by atoms with Gasteiger partial charge in [0.25, 0.3) is 0 Å². The molecule has 96 valence electrons. The zero-order chi connectivity index (χ0) is 13.1. The van der Waals surface area contributed by atoms with Crippen molar-refractivity contribution in [3.63, 3.8) is 0 Å². The summed E-state index contributed by atoms with van der Waals surface area (Å²) in [4.78, 5) is 0. The minimum atomic E-state index is -0.212. The van der Waals surface area contributed by atoms with Crippen LogP contribution in [0.3, 0.4) is 0 Å². The minimum absolute atomic E-state index is 0.212. The van der Waals surface area contributed by atoms with Crippen molar-refractivity contribution in [3.8, 4) is 0 Å². The van der Waals surface area contributed by atoms with Gasteiger partial charge in [0, 0.05) is 0 Å². The van der Waals surface area contributed by atoms with E-state index in [4.69, 9.17) is 0 Å². The van der Waals surface area contributed by atoms with Crippen LogP contribution >= 0.6 is 0 Å². The lowest BCUT2D eigenvalue weighted by Gasteiger charge is -2.09. The topological polar surface area (TPSA) is 0 Å². The molecule has 0 saturated heterocycles. The smallest absolute Gasteiger partial charge is 0.0664 e. The van der Waals surface area contributed by atoms with Crippen LogP contribution in [0.25, 0.3) is 0 Å². The van der Waals surface area contributed by atoms with Crippen LogP contribution in [0.5, 0.6) is 0 Å². The van der Waals surface area contributed by atoms with E-state index in [0.29, 0.717) is 0 Å². The van der Waals surface area contributed by atoms with Crippen LogP contribution in [0, 0.1) is 19.8 Å². The third-order valence-electron chi connectivity index (χ3n) is 3.88. The molecular weight excluding hydrogens is 232 g/mol. The van der Waals surface area contributed by atoms with Gasteiger partial charge in [-0.15, -0.1) is 0 Å². The summed E-state index contributed by atoms with van der Waals surface area (Å²) in [6.45, 7) is 9.01. The molecule has 2 atom stereocenters. The third kappa shape index (κ3) is 3.23. The fourth-order valence-electron chi connectivity index (χ4n) is 2.74. The Kier molecular flexibility index (Phi) is 4.23. The highest BCUT2D eigenvalue weighted by atomic mass is 28.2. The zero-order valence-corrected chi connectivity index (χ0v) is 13.4. The maximum Gasteiger partial charge on any atom is 0.0664 e. The molecule has 0 aliphatic heterocycles. The molecule has 1 heteroatoms. The quantitative estimate of drug-likeness (QED) is 0.724. The first-order chi connectivity index (χ1) is 8.58. The first-order valence-corrected chi connectivity index (χ1v) is 8.58. The number of hydrogen-bond acceptors (Lipinski definition) is 0. The van der Waals surface area contributed by atoms with Crippen molar-refractivity contribution >= 4 is 14.7 Å². The molecule has 0 amide bonds. The van der Waals surface area contributed by atoms with Gasteiger partial charge < -0.3 is 0 Å². The predicted molar refractivity (Wildman–Crippen MR) is 84.5 cm³/mol. The molecular formula is C17H24Si. The van der Waals surface area contributed by atoms with Gasteiger partial charge in [-0.1, -0.05) is 66.6 Å². The average Bonchev–Trinajstić information content (AvgIpc) is 2.75. The highest BCUT2D eigenvalue weighted by molar-refractivity contribution is 6.56. The summed E-state index contributed by atoms with van der Waals surface area (Å²) in [5.41, 5.74) is 5.10. The second-order valence-electron chi connectivity index (χ2n) is 5.70. The van der Waals surface area contributed by atoms with E-state index in [9.17, 15) is 0 Å². The number of hydrogen-bond donors (Lipinski definition) is 0. The highest BCUT2D eigenvalue weighted by Gasteiger charge is 2.14. The van der Waals surface area contributed by atoms with E-state index in [1.165, 1.54) is 17.5 Å². The first kappa shape index (κ1) is 13.4. The lowest BCUT2D eigenvalue weighted by Crippen LogP contribution is -2.18. The average molecular weight is 256 g/mol. The maximum atomic E-state index is 2.51. The van der Waals surface area contributed by atoms with E-state index in [1.807, 2.05) is 0 Å². The molecule has 0 saturated carbocycles. The van der Waals surface area contributed by atoms with Gasteiger partial charge in [0.05, 0.1) is 9.52 Å². The van der Waals surface area contributed by atoms with E-state index in [2.05, 4.69) is 64.1 Å². The number of benzene rings is 1. The Morgan fingerprint density at radius 1 is 1.17 bits per heavy atom. The molecule has 0 fully saturated rings. The standard InChI is InChI=1S/C17H24Si/c1-5-14(4)15-6-7-16(11-15)18-17-9-12(2)8-13(3)10-17/h6-11,14,16H,5,18H2,1-4H3. The summed E-state index contributed by atoms with van der Waals surface area (Å²) in [6.07, 6.45) is 8.53. The Morgan fingerprint density at radius 3 is 2.44 bits per heavy atom. The molecule has 0 N–H and O–H groups in total. The summed E-state index contributed by atoms with van der Waals surface area (Å²) in [5.74, 6) is 0.722. The summed E-state index contributed by atoms with van der Waals surface area (Å²) in [6, 6.07) is 7.02. The molecule has 2 unspecified atom stereocenters. The van der Waals surface area contributed by atoms with Crippen molar-refractivity contribution < 1.29 is 0 Å². The summed E-state index contributed by atoms with van der Waals surface area (Å²) < 4.78 is 0. The SMILES string of the molecule is CCC(C)C1=CC([SiH2]c2cc(C)cc(C)c2)C=C1. The van der Waals surface area contributed by atoms with Gasteiger partial charge in [0.1, 0.15) is 0 Å². The van der Waals surface area contributed by atoms with Gasteiger partial charge in [-0.25, -0.2) is 0 Å². The van der Waals surface area contributed by atoms with E-state index >= 15 is 0 Å². The van der Waals surface area contributed by atoms with Crippen molar-refractivity contribution in [2.45, 2.75) is 39.7 Å². The Bertz CT molecular complexity index is 462. The van der Waals surface area contributed by atoms with Crippen LogP contribution in [0.15, 0.2) is 42.0 Å². The van der Waals surface area contributed by atoms with Crippen LogP contribution < -0.4 is 5.19 Å². The largest absolute Gasteiger partial charge is 0.0803 e. The molecule has 0 heterocycles. The second kappa shape index (κ2) is 5.70. The molecule has 0 spiro atoms. The molecule has 1 aliphatic rings. The van der Waals surface area contributed by atoms with Crippen molar-refractivity contribution in [1.82, 2.24) is 0 Å². The Morgan fingerprint density at radius 2 is 1.83 bits per heavy atom. The molecule has 1 aliphatic carbocycles. The molecule has 0 aromatic heterocycles. The van der Waals surface area contributed by atoms with E-state index in [0.717, 1.165) is 11.5 Å². The molecule has 18 heavy (non-hydrogen) atoms. The fourth-order valence-corrected chi connectivity index (χ4v) is 4.83. The van der Waals surface area contributed by atoms with Crippen LogP contribution in [0.2, 0.25) is 5.54 Å². The number of allylic oxidation sites excluding steroid dienone is 4. The van der Waals surface area contributed by atoms with E-state index in [1.54, 1.807) is 10.8 Å². The minimum Gasteiger partial charge on any atom is -0.0803 e. The molecule has 1 aromatic rings. The van der Waals surface area contributed by atoms with Crippen molar-refractivity contribution in [2.24, 2.45) is 5.92 Å². The molecule has 0 nitrogen and oxygen atoms in total. The lowest BCUT2D eigenvalue weighted by atomic mass is 10.0. The second-order valence-corrected chi connectivity index (χ2v) is 7.87. The van der Waals surface area contributed by atoms with Gasteiger partial charge in [-0.3, -0.25) is 0 Å². The summed E-state index contributed by atoms with van der Waals surface area (Å²) in [5, 5.41) is 1.60. The monoisotopic (exact) mass is 256 g/mol. The lowest BCUT2D eigenvalue weighted by molar-refractivity contribution is 0.671. The number of aryl methyl sites for hydroxylation is 2. The molecule has 1 aromatic carbocycles. The van der Waals surface area contributed by atoms with Crippen molar-refractivity contribution in [1.29, 1.82) is 0 Å². The normalized spacial score (nSPS) is 20.7. The van der Waals surface area contributed by atoms with Crippen LogP contribution in [-0.2, 0) is 0 Å². The van der Waals surface area contributed by atoms with E-state index < -0.39 is 0 Å². The molecule has 0 bridgehead atoms. The van der Waals surface area contributed by atoms with Gasteiger partial charge in [0.15, 0.2) is 0 Å². The van der Waals surface area contributed by atoms with Gasteiger partial charge in [0.2, 0.25) is 0 Å². The Balaban J connectivity index is 2.08.